The molecule has 2 unspecified atom stereocenters. The molecule has 1 aliphatic heterocycles. The van der Waals surface area contributed by atoms with Gasteiger partial charge in [0.2, 0.25) is 0 Å². The Bertz CT molecular complexity index is 402. The van der Waals surface area contributed by atoms with Gasteiger partial charge in [-0.2, -0.15) is 0 Å². The van der Waals surface area contributed by atoms with Gasteiger partial charge in [-0.25, -0.2) is 0 Å². The van der Waals surface area contributed by atoms with Gasteiger partial charge >= 0.3 is 0 Å². The summed E-state index contributed by atoms with van der Waals surface area (Å²) in [6, 6.07) is 7.09. The Hall–Kier alpha value is -0.380. The van der Waals surface area contributed by atoms with E-state index in [1.165, 1.54) is 47.7 Å². The molecule has 19 heavy (non-hydrogen) atoms. The van der Waals surface area contributed by atoms with E-state index in [0.29, 0.717) is 12.1 Å². The minimum absolute atomic E-state index is 0.452. The summed E-state index contributed by atoms with van der Waals surface area (Å²) in [7, 11) is 2.05. The van der Waals surface area contributed by atoms with Crippen LogP contribution in [0.15, 0.2) is 22.7 Å². The third-order valence-corrected chi connectivity index (χ3v) is 4.87. The first-order valence-electron chi connectivity index (χ1n) is 7.25. The lowest BCUT2D eigenvalue weighted by molar-refractivity contribution is 0.101. The number of rotatable bonds is 6. The van der Waals surface area contributed by atoms with Gasteiger partial charge in [0.15, 0.2) is 0 Å². The highest BCUT2D eigenvalue weighted by atomic mass is 79.9. The minimum Gasteiger partial charge on any atom is -0.378 e. The van der Waals surface area contributed by atoms with E-state index in [0.717, 1.165) is 6.61 Å². The molecule has 2 rings (SSSR count). The van der Waals surface area contributed by atoms with Crippen molar-refractivity contribution in [2.24, 2.45) is 0 Å². The number of aryl methyl sites for hydroxylation is 1. The SMILES string of the molecule is CNC(CCCC1CCCO1)c1ccc(Br)c(C)c1. The molecule has 0 bridgehead atoms. The summed E-state index contributed by atoms with van der Waals surface area (Å²) in [5.41, 5.74) is 2.69. The van der Waals surface area contributed by atoms with Crippen molar-refractivity contribution < 1.29 is 4.74 Å². The Morgan fingerprint density at radius 3 is 2.95 bits per heavy atom. The van der Waals surface area contributed by atoms with Crippen LogP contribution in [-0.4, -0.2) is 19.8 Å². The van der Waals surface area contributed by atoms with Crippen LogP contribution in [0, 0.1) is 6.92 Å². The molecule has 1 saturated heterocycles. The highest BCUT2D eigenvalue weighted by Crippen LogP contribution is 2.26. The van der Waals surface area contributed by atoms with Gasteiger partial charge in [-0.1, -0.05) is 28.1 Å². The van der Waals surface area contributed by atoms with Gasteiger partial charge < -0.3 is 10.1 Å². The monoisotopic (exact) mass is 325 g/mol. The molecule has 0 radical (unpaired) electrons. The molecule has 2 nitrogen and oxygen atoms in total. The van der Waals surface area contributed by atoms with E-state index in [1.807, 2.05) is 7.05 Å². The fourth-order valence-electron chi connectivity index (χ4n) is 2.78. The number of benzene rings is 1. The molecular formula is C16H24BrNO. The predicted octanol–water partition coefficient (Wildman–Crippen LogP) is 4.37. The van der Waals surface area contributed by atoms with Crippen LogP contribution in [0.4, 0.5) is 0 Å². The molecule has 0 spiro atoms. The van der Waals surface area contributed by atoms with E-state index < -0.39 is 0 Å². The first kappa shape index (κ1) is 15.0. The lowest BCUT2D eigenvalue weighted by Gasteiger charge is -2.18. The van der Waals surface area contributed by atoms with E-state index in [-0.39, 0.29) is 0 Å². The summed E-state index contributed by atoms with van der Waals surface area (Å²) in [5, 5.41) is 3.43. The van der Waals surface area contributed by atoms with E-state index in [1.54, 1.807) is 0 Å². The molecule has 0 aliphatic carbocycles. The van der Waals surface area contributed by atoms with Gasteiger partial charge in [0.1, 0.15) is 0 Å². The Balaban J connectivity index is 1.86. The maximum absolute atomic E-state index is 5.68. The molecule has 1 fully saturated rings. The van der Waals surface area contributed by atoms with Gasteiger partial charge in [-0.05, 0) is 63.3 Å². The average Bonchev–Trinajstić information content (AvgIpc) is 2.91. The summed E-state index contributed by atoms with van der Waals surface area (Å²) in [5.74, 6) is 0. The van der Waals surface area contributed by atoms with Crippen molar-refractivity contribution >= 4 is 15.9 Å². The van der Waals surface area contributed by atoms with E-state index in [4.69, 9.17) is 4.74 Å². The normalized spacial score (nSPS) is 20.7. The zero-order valence-corrected chi connectivity index (χ0v) is 13.5. The fourth-order valence-corrected chi connectivity index (χ4v) is 3.03. The molecule has 1 N–H and O–H groups in total. The fraction of sp³-hybridized carbons (Fsp3) is 0.625. The van der Waals surface area contributed by atoms with Gasteiger partial charge in [0.25, 0.3) is 0 Å². The van der Waals surface area contributed by atoms with Crippen LogP contribution in [0.3, 0.4) is 0 Å². The number of hydrogen-bond donors (Lipinski definition) is 1. The third kappa shape index (κ3) is 4.30. The van der Waals surface area contributed by atoms with E-state index in [2.05, 4.69) is 46.4 Å². The highest BCUT2D eigenvalue weighted by Gasteiger charge is 2.16. The zero-order valence-electron chi connectivity index (χ0n) is 11.9. The lowest BCUT2D eigenvalue weighted by atomic mass is 9.98. The topological polar surface area (TPSA) is 21.3 Å². The van der Waals surface area contributed by atoms with E-state index in [9.17, 15) is 0 Å². The second-order valence-corrected chi connectivity index (χ2v) is 6.27. The number of nitrogens with one attached hydrogen (secondary N) is 1. The molecule has 1 aromatic carbocycles. The minimum atomic E-state index is 0.452. The van der Waals surface area contributed by atoms with Crippen LogP contribution in [0.1, 0.15) is 49.3 Å². The first-order chi connectivity index (χ1) is 9.20. The van der Waals surface area contributed by atoms with Gasteiger partial charge in [0.05, 0.1) is 6.10 Å². The quantitative estimate of drug-likeness (QED) is 0.838. The van der Waals surface area contributed by atoms with Gasteiger partial charge in [0, 0.05) is 17.1 Å². The molecule has 2 atom stereocenters. The molecule has 0 aromatic heterocycles. The van der Waals surface area contributed by atoms with Crippen molar-refractivity contribution in [3.05, 3.63) is 33.8 Å². The molecule has 1 aromatic rings. The molecule has 1 heterocycles. The summed E-state index contributed by atoms with van der Waals surface area (Å²) in [4.78, 5) is 0. The van der Waals surface area contributed by atoms with Gasteiger partial charge in [-0.3, -0.25) is 0 Å². The Kier molecular flexibility index (Phi) is 5.86. The van der Waals surface area contributed by atoms with Crippen molar-refractivity contribution in [3.8, 4) is 0 Å². The maximum atomic E-state index is 5.68. The third-order valence-electron chi connectivity index (χ3n) is 3.98. The van der Waals surface area contributed by atoms with Crippen LogP contribution in [0.25, 0.3) is 0 Å². The Labute approximate surface area is 125 Å². The highest BCUT2D eigenvalue weighted by molar-refractivity contribution is 9.10. The molecule has 0 amide bonds. The second-order valence-electron chi connectivity index (χ2n) is 5.42. The van der Waals surface area contributed by atoms with Gasteiger partial charge in [-0.15, -0.1) is 0 Å². The summed E-state index contributed by atoms with van der Waals surface area (Å²) < 4.78 is 6.87. The Morgan fingerprint density at radius 2 is 2.32 bits per heavy atom. The smallest absolute Gasteiger partial charge is 0.0576 e. The van der Waals surface area contributed by atoms with Crippen molar-refractivity contribution in [2.45, 2.75) is 51.2 Å². The van der Waals surface area contributed by atoms with E-state index >= 15 is 0 Å². The van der Waals surface area contributed by atoms with Crippen molar-refractivity contribution in [1.82, 2.24) is 5.32 Å². The molecule has 1 aliphatic rings. The summed E-state index contributed by atoms with van der Waals surface area (Å²) in [6.07, 6.45) is 6.62. The van der Waals surface area contributed by atoms with Crippen LogP contribution in [0.5, 0.6) is 0 Å². The largest absolute Gasteiger partial charge is 0.378 e. The molecule has 106 valence electrons. The number of hydrogen-bond acceptors (Lipinski definition) is 2. The van der Waals surface area contributed by atoms with Crippen molar-refractivity contribution in [1.29, 1.82) is 0 Å². The second kappa shape index (κ2) is 7.41. The van der Waals surface area contributed by atoms with Crippen molar-refractivity contribution in [2.75, 3.05) is 13.7 Å². The van der Waals surface area contributed by atoms with Crippen LogP contribution in [-0.2, 0) is 4.74 Å². The number of ether oxygens (including phenoxy) is 1. The van der Waals surface area contributed by atoms with Crippen LogP contribution in [0.2, 0.25) is 0 Å². The van der Waals surface area contributed by atoms with Crippen LogP contribution >= 0.6 is 15.9 Å². The summed E-state index contributed by atoms with van der Waals surface area (Å²) >= 11 is 3.56. The molecule has 0 saturated carbocycles. The Morgan fingerprint density at radius 1 is 1.47 bits per heavy atom. The molecular weight excluding hydrogens is 302 g/mol. The standard InChI is InChI=1S/C16H24BrNO/c1-12-11-13(8-9-15(12)17)16(18-2)7-3-5-14-6-4-10-19-14/h8-9,11,14,16,18H,3-7,10H2,1-2H3. The number of halogens is 1. The van der Waals surface area contributed by atoms with Crippen LogP contribution < -0.4 is 5.32 Å². The zero-order chi connectivity index (χ0) is 13.7. The first-order valence-corrected chi connectivity index (χ1v) is 8.05. The predicted molar refractivity (Wildman–Crippen MR) is 83.5 cm³/mol. The molecule has 3 heteroatoms. The lowest BCUT2D eigenvalue weighted by Crippen LogP contribution is -2.17. The average molecular weight is 326 g/mol. The summed E-state index contributed by atoms with van der Waals surface area (Å²) in [6.45, 7) is 3.11. The maximum Gasteiger partial charge on any atom is 0.0576 e. The van der Waals surface area contributed by atoms with Crippen molar-refractivity contribution in [3.63, 3.8) is 0 Å².